The molecule has 0 amide bonds. The van der Waals surface area contributed by atoms with Crippen molar-refractivity contribution in [1.29, 1.82) is 0 Å². The Morgan fingerprint density at radius 1 is 1.42 bits per heavy atom. The van der Waals surface area contributed by atoms with E-state index in [2.05, 4.69) is 28.8 Å². The van der Waals surface area contributed by atoms with E-state index in [1.54, 1.807) is 13.1 Å². The maximum atomic E-state index is 12.2. The second-order valence-corrected chi connectivity index (χ2v) is 7.45. The van der Waals surface area contributed by atoms with Gasteiger partial charge in [0, 0.05) is 30.6 Å². The highest BCUT2D eigenvalue weighted by Crippen LogP contribution is 2.21. The molecule has 19 heavy (non-hydrogen) atoms. The van der Waals surface area contributed by atoms with E-state index in [1.807, 2.05) is 12.4 Å². The van der Waals surface area contributed by atoms with E-state index in [0.717, 1.165) is 4.88 Å². The van der Waals surface area contributed by atoms with Gasteiger partial charge >= 0.3 is 0 Å². The van der Waals surface area contributed by atoms with Crippen molar-refractivity contribution < 1.29 is 8.42 Å². The average Bonchev–Trinajstić information content (AvgIpc) is 2.78. The first-order chi connectivity index (χ1) is 8.88. The van der Waals surface area contributed by atoms with Crippen molar-refractivity contribution in [2.45, 2.75) is 31.3 Å². The molecule has 2 N–H and O–H groups in total. The molecule has 0 radical (unpaired) electrons. The average molecular weight is 305 g/mol. The summed E-state index contributed by atoms with van der Waals surface area (Å²) >= 11 is 1.45. The number of hydrogen-bond acceptors (Lipinski definition) is 5. The third kappa shape index (κ3) is 4.85. The van der Waals surface area contributed by atoms with E-state index in [9.17, 15) is 8.42 Å². The van der Waals surface area contributed by atoms with Crippen LogP contribution in [0.25, 0.3) is 0 Å². The Balaban J connectivity index is 2.63. The first kappa shape index (κ1) is 16.6. The zero-order chi connectivity index (χ0) is 14.5. The molecule has 0 unspecified atom stereocenters. The van der Waals surface area contributed by atoms with Crippen LogP contribution in [0.3, 0.4) is 0 Å². The number of rotatable bonds is 8. The molecule has 5 nitrogen and oxygen atoms in total. The quantitative estimate of drug-likeness (QED) is 0.755. The molecular weight excluding hydrogens is 282 g/mol. The summed E-state index contributed by atoms with van der Waals surface area (Å²) in [6, 6.07) is 2.07. The van der Waals surface area contributed by atoms with E-state index < -0.39 is 10.0 Å². The van der Waals surface area contributed by atoms with E-state index in [4.69, 9.17) is 0 Å². The molecule has 1 aromatic rings. The van der Waals surface area contributed by atoms with E-state index in [-0.39, 0.29) is 0 Å². The minimum Gasteiger partial charge on any atom is -0.315 e. The van der Waals surface area contributed by atoms with Gasteiger partial charge in [0.2, 0.25) is 10.0 Å². The Morgan fingerprint density at radius 2 is 2.11 bits per heavy atom. The summed E-state index contributed by atoms with van der Waals surface area (Å²) in [5.74, 6) is 0. The van der Waals surface area contributed by atoms with Crippen LogP contribution in [0.15, 0.2) is 16.3 Å². The summed E-state index contributed by atoms with van der Waals surface area (Å²) in [5, 5.41) is 4.79. The van der Waals surface area contributed by atoms with Crippen molar-refractivity contribution in [1.82, 2.24) is 14.9 Å². The number of thiophene rings is 1. The highest BCUT2D eigenvalue weighted by molar-refractivity contribution is 7.89. The number of hydrogen-bond donors (Lipinski definition) is 2. The SMILES string of the molecule is CNCc1sccc1S(=O)(=O)NCCN(C)C(C)C. The molecule has 0 aliphatic carbocycles. The van der Waals surface area contributed by atoms with Gasteiger partial charge in [0.15, 0.2) is 0 Å². The first-order valence-corrected chi connectivity index (χ1v) is 8.65. The lowest BCUT2D eigenvalue weighted by Gasteiger charge is -2.20. The molecule has 1 rings (SSSR count). The minimum atomic E-state index is -3.40. The van der Waals surface area contributed by atoms with Crippen LogP contribution in [-0.2, 0) is 16.6 Å². The molecule has 0 fully saturated rings. The van der Waals surface area contributed by atoms with Gasteiger partial charge in [-0.25, -0.2) is 13.1 Å². The number of sulfonamides is 1. The topological polar surface area (TPSA) is 61.4 Å². The van der Waals surface area contributed by atoms with Gasteiger partial charge in [-0.15, -0.1) is 11.3 Å². The van der Waals surface area contributed by atoms with Crippen LogP contribution < -0.4 is 10.0 Å². The second kappa shape index (κ2) is 7.35. The summed E-state index contributed by atoms with van der Waals surface area (Å²) < 4.78 is 27.0. The van der Waals surface area contributed by atoms with Crippen molar-refractivity contribution in [2.75, 3.05) is 27.2 Å². The molecule has 0 aromatic carbocycles. The highest BCUT2D eigenvalue weighted by atomic mass is 32.2. The van der Waals surface area contributed by atoms with Crippen molar-refractivity contribution in [2.24, 2.45) is 0 Å². The molecule has 110 valence electrons. The maximum Gasteiger partial charge on any atom is 0.241 e. The van der Waals surface area contributed by atoms with Gasteiger partial charge in [0.05, 0.1) is 4.90 Å². The van der Waals surface area contributed by atoms with Crippen LogP contribution >= 0.6 is 11.3 Å². The van der Waals surface area contributed by atoms with Crippen LogP contribution in [0.4, 0.5) is 0 Å². The molecule has 1 aromatic heterocycles. The summed E-state index contributed by atoms with van der Waals surface area (Å²) in [6.07, 6.45) is 0. The van der Waals surface area contributed by atoms with Crippen LogP contribution in [0.5, 0.6) is 0 Å². The fraction of sp³-hybridized carbons (Fsp3) is 0.667. The van der Waals surface area contributed by atoms with E-state index in [1.165, 1.54) is 11.3 Å². The van der Waals surface area contributed by atoms with E-state index >= 15 is 0 Å². The summed E-state index contributed by atoms with van der Waals surface area (Å²) in [6.45, 7) is 5.85. The number of nitrogens with zero attached hydrogens (tertiary/aromatic N) is 1. The van der Waals surface area contributed by atoms with Gasteiger partial charge in [0.1, 0.15) is 0 Å². The van der Waals surface area contributed by atoms with Gasteiger partial charge in [-0.05, 0) is 39.4 Å². The molecule has 0 saturated heterocycles. The third-order valence-electron chi connectivity index (χ3n) is 2.97. The molecule has 1 heterocycles. The lowest BCUT2D eigenvalue weighted by Crippen LogP contribution is -2.36. The molecule has 0 spiro atoms. The summed E-state index contributed by atoms with van der Waals surface area (Å²) in [5.41, 5.74) is 0. The van der Waals surface area contributed by atoms with E-state index in [0.29, 0.717) is 30.6 Å². The predicted octanol–water partition coefficient (Wildman–Crippen LogP) is 1.09. The molecule has 0 aliphatic rings. The highest BCUT2D eigenvalue weighted by Gasteiger charge is 2.19. The minimum absolute atomic E-state index is 0.388. The largest absolute Gasteiger partial charge is 0.315 e. The zero-order valence-electron chi connectivity index (χ0n) is 11.9. The molecule has 0 saturated carbocycles. The van der Waals surface area contributed by atoms with Crippen LogP contribution in [0, 0.1) is 0 Å². The van der Waals surface area contributed by atoms with Crippen LogP contribution in [0.2, 0.25) is 0 Å². The van der Waals surface area contributed by atoms with Gasteiger partial charge < -0.3 is 10.2 Å². The third-order valence-corrected chi connectivity index (χ3v) is 5.57. The van der Waals surface area contributed by atoms with Crippen LogP contribution in [-0.4, -0.2) is 46.5 Å². The van der Waals surface area contributed by atoms with Crippen molar-refractivity contribution >= 4 is 21.4 Å². The molecule has 0 aliphatic heterocycles. The summed E-state index contributed by atoms with van der Waals surface area (Å²) in [7, 11) is 0.391. The lowest BCUT2D eigenvalue weighted by atomic mass is 10.3. The molecular formula is C12H23N3O2S2. The molecule has 0 bridgehead atoms. The fourth-order valence-electron chi connectivity index (χ4n) is 1.55. The standard InChI is InChI=1S/C12H23N3O2S2/c1-10(2)15(4)7-6-14-19(16,17)12-5-8-18-11(12)9-13-3/h5,8,10,13-14H,6-7,9H2,1-4H3. The number of nitrogens with one attached hydrogen (secondary N) is 2. The Labute approximate surface area is 120 Å². The predicted molar refractivity (Wildman–Crippen MR) is 80.0 cm³/mol. The van der Waals surface area contributed by atoms with Gasteiger partial charge in [-0.3, -0.25) is 0 Å². The van der Waals surface area contributed by atoms with Gasteiger partial charge in [-0.2, -0.15) is 0 Å². The number of likely N-dealkylation sites (N-methyl/N-ethyl adjacent to an activating group) is 1. The Bertz CT molecular complexity index is 483. The molecule has 0 atom stereocenters. The Morgan fingerprint density at radius 3 is 2.68 bits per heavy atom. The smallest absolute Gasteiger partial charge is 0.241 e. The normalized spacial score (nSPS) is 12.5. The van der Waals surface area contributed by atoms with Crippen molar-refractivity contribution in [3.05, 3.63) is 16.3 Å². The van der Waals surface area contributed by atoms with Crippen LogP contribution in [0.1, 0.15) is 18.7 Å². The second-order valence-electron chi connectivity index (χ2n) is 4.71. The fourth-order valence-corrected chi connectivity index (χ4v) is 4.02. The molecule has 7 heteroatoms. The summed E-state index contributed by atoms with van der Waals surface area (Å²) in [4.78, 5) is 3.33. The van der Waals surface area contributed by atoms with Gasteiger partial charge in [-0.1, -0.05) is 0 Å². The van der Waals surface area contributed by atoms with Crippen molar-refractivity contribution in [3.63, 3.8) is 0 Å². The maximum absolute atomic E-state index is 12.2. The van der Waals surface area contributed by atoms with Gasteiger partial charge in [0.25, 0.3) is 0 Å². The Hall–Kier alpha value is -0.470. The first-order valence-electron chi connectivity index (χ1n) is 6.29. The zero-order valence-corrected chi connectivity index (χ0v) is 13.6. The van der Waals surface area contributed by atoms with Crippen molar-refractivity contribution in [3.8, 4) is 0 Å². The Kier molecular flexibility index (Phi) is 6.41. The lowest BCUT2D eigenvalue weighted by molar-refractivity contribution is 0.278. The monoisotopic (exact) mass is 305 g/mol.